The summed E-state index contributed by atoms with van der Waals surface area (Å²) in [5, 5.41) is 3.02. The Morgan fingerprint density at radius 3 is 2.36 bits per heavy atom. The van der Waals surface area contributed by atoms with Crippen molar-refractivity contribution in [3.05, 3.63) is 94.5 Å². The molecule has 1 amide bonds. The van der Waals surface area contributed by atoms with Crippen molar-refractivity contribution in [3.8, 4) is 0 Å². The second-order valence-corrected chi connectivity index (χ2v) is 10.7. The van der Waals surface area contributed by atoms with Crippen LogP contribution in [-0.4, -0.2) is 62.8 Å². The Morgan fingerprint density at radius 2 is 1.67 bits per heavy atom. The quantitative estimate of drug-likeness (QED) is 0.468. The summed E-state index contributed by atoms with van der Waals surface area (Å²) in [7, 11) is -2.24. The number of methoxy groups -OCH3 is 1. The summed E-state index contributed by atoms with van der Waals surface area (Å²) < 4.78 is 31.9. The standard InChI is InChI=1S/C26H26ClN3O5S/c1-35-26(32)23-17-21(10-11-24(23)27)28-25(31)20-7-5-6-19(16-20)18-29-12-14-30(15-13-29)36(33,34)22-8-3-2-4-9-22/h2-11,16-17H,12-15,18H2,1H3,(H,28,31). The number of carbonyl (C=O) groups excluding carboxylic acids is 2. The first-order valence-corrected chi connectivity index (χ1v) is 13.2. The number of hydrogen-bond acceptors (Lipinski definition) is 6. The van der Waals surface area contributed by atoms with Gasteiger partial charge in [0.1, 0.15) is 0 Å². The lowest BCUT2D eigenvalue weighted by atomic mass is 10.1. The summed E-state index contributed by atoms with van der Waals surface area (Å²) in [4.78, 5) is 27.2. The molecule has 1 aliphatic rings. The van der Waals surface area contributed by atoms with Crippen LogP contribution in [-0.2, 0) is 21.3 Å². The first-order chi connectivity index (χ1) is 17.3. The Bertz CT molecular complexity index is 1360. The fourth-order valence-electron chi connectivity index (χ4n) is 4.01. The van der Waals surface area contributed by atoms with Gasteiger partial charge in [0.15, 0.2) is 0 Å². The number of piperazine rings is 1. The minimum absolute atomic E-state index is 0.166. The van der Waals surface area contributed by atoms with Gasteiger partial charge >= 0.3 is 5.97 Å². The number of amides is 1. The van der Waals surface area contributed by atoms with Crippen molar-refractivity contribution in [2.24, 2.45) is 0 Å². The molecule has 0 radical (unpaired) electrons. The Hall–Kier alpha value is -3.24. The van der Waals surface area contributed by atoms with Crippen LogP contribution in [0.4, 0.5) is 5.69 Å². The van der Waals surface area contributed by atoms with Crippen molar-refractivity contribution in [1.82, 2.24) is 9.21 Å². The van der Waals surface area contributed by atoms with Crippen molar-refractivity contribution < 1.29 is 22.7 Å². The highest BCUT2D eigenvalue weighted by Crippen LogP contribution is 2.22. The second kappa shape index (κ2) is 11.2. The molecule has 1 heterocycles. The second-order valence-electron chi connectivity index (χ2n) is 8.33. The molecule has 10 heteroatoms. The molecule has 0 aliphatic carbocycles. The molecule has 0 spiro atoms. The molecule has 0 aromatic heterocycles. The molecule has 8 nitrogen and oxygen atoms in total. The number of nitrogens with zero attached hydrogens (tertiary/aromatic N) is 2. The van der Waals surface area contributed by atoms with E-state index in [1.54, 1.807) is 48.5 Å². The van der Waals surface area contributed by atoms with Gasteiger partial charge in [-0.3, -0.25) is 9.69 Å². The van der Waals surface area contributed by atoms with Crippen molar-refractivity contribution in [2.45, 2.75) is 11.4 Å². The third-order valence-electron chi connectivity index (χ3n) is 5.94. The predicted octanol–water partition coefficient (Wildman–Crippen LogP) is 3.89. The molecule has 1 aliphatic heterocycles. The van der Waals surface area contributed by atoms with Gasteiger partial charge in [-0.05, 0) is 48.0 Å². The van der Waals surface area contributed by atoms with E-state index in [4.69, 9.17) is 16.3 Å². The van der Waals surface area contributed by atoms with Crippen molar-refractivity contribution in [2.75, 3.05) is 38.6 Å². The molecule has 1 saturated heterocycles. The average molecular weight is 528 g/mol. The van der Waals surface area contributed by atoms with Crippen molar-refractivity contribution in [1.29, 1.82) is 0 Å². The third kappa shape index (κ3) is 5.93. The SMILES string of the molecule is COC(=O)c1cc(NC(=O)c2cccc(CN3CCN(S(=O)(=O)c4ccccc4)CC3)c2)ccc1Cl. The maximum absolute atomic E-state index is 12.8. The monoisotopic (exact) mass is 527 g/mol. The van der Waals surface area contributed by atoms with Gasteiger partial charge in [-0.15, -0.1) is 0 Å². The normalized spacial score (nSPS) is 14.8. The van der Waals surface area contributed by atoms with E-state index in [1.165, 1.54) is 23.5 Å². The van der Waals surface area contributed by atoms with Crippen LogP contribution in [0.2, 0.25) is 5.02 Å². The van der Waals surface area contributed by atoms with Gasteiger partial charge in [-0.25, -0.2) is 13.2 Å². The van der Waals surface area contributed by atoms with Gasteiger partial charge in [0, 0.05) is 44.0 Å². The minimum Gasteiger partial charge on any atom is -0.465 e. The van der Waals surface area contributed by atoms with Crippen LogP contribution in [0.25, 0.3) is 0 Å². The maximum atomic E-state index is 12.8. The van der Waals surface area contributed by atoms with Crippen LogP contribution >= 0.6 is 11.6 Å². The smallest absolute Gasteiger partial charge is 0.339 e. The number of benzene rings is 3. The zero-order valence-electron chi connectivity index (χ0n) is 19.7. The van der Waals surface area contributed by atoms with Crippen LogP contribution in [0.5, 0.6) is 0 Å². The lowest BCUT2D eigenvalue weighted by molar-refractivity contribution is 0.0600. The molecular weight excluding hydrogens is 502 g/mol. The van der Waals surface area contributed by atoms with E-state index in [0.717, 1.165) is 5.56 Å². The number of rotatable bonds is 7. The van der Waals surface area contributed by atoms with Gasteiger partial charge in [0.25, 0.3) is 5.91 Å². The summed E-state index contributed by atoms with van der Waals surface area (Å²) >= 11 is 6.05. The molecule has 0 unspecified atom stereocenters. The van der Waals surface area contributed by atoms with Gasteiger partial charge in [-0.1, -0.05) is 41.9 Å². The van der Waals surface area contributed by atoms with Crippen LogP contribution in [0.3, 0.4) is 0 Å². The zero-order chi connectivity index (χ0) is 25.7. The molecule has 4 rings (SSSR count). The molecular formula is C26H26ClN3O5S. The van der Waals surface area contributed by atoms with Gasteiger partial charge in [0.05, 0.1) is 22.6 Å². The van der Waals surface area contributed by atoms with E-state index in [2.05, 4.69) is 10.2 Å². The van der Waals surface area contributed by atoms with E-state index in [0.29, 0.717) is 48.9 Å². The molecule has 1 N–H and O–H groups in total. The van der Waals surface area contributed by atoms with Crippen LogP contribution < -0.4 is 5.32 Å². The summed E-state index contributed by atoms with van der Waals surface area (Å²) in [5.74, 6) is -0.913. The fourth-order valence-corrected chi connectivity index (χ4v) is 5.65. The predicted molar refractivity (Wildman–Crippen MR) is 138 cm³/mol. The van der Waals surface area contributed by atoms with Crippen molar-refractivity contribution in [3.63, 3.8) is 0 Å². The van der Waals surface area contributed by atoms with E-state index in [1.807, 2.05) is 12.1 Å². The number of sulfonamides is 1. The molecule has 0 atom stereocenters. The van der Waals surface area contributed by atoms with Crippen LogP contribution in [0, 0.1) is 0 Å². The number of halogens is 1. The van der Waals surface area contributed by atoms with E-state index in [-0.39, 0.29) is 16.5 Å². The molecule has 0 saturated carbocycles. The lowest BCUT2D eigenvalue weighted by Gasteiger charge is -2.34. The molecule has 0 bridgehead atoms. The molecule has 1 fully saturated rings. The highest BCUT2D eigenvalue weighted by atomic mass is 35.5. The van der Waals surface area contributed by atoms with Crippen LogP contribution in [0.15, 0.2) is 77.7 Å². The molecule has 188 valence electrons. The Morgan fingerprint density at radius 1 is 0.944 bits per heavy atom. The molecule has 3 aromatic carbocycles. The first-order valence-electron chi connectivity index (χ1n) is 11.3. The zero-order valence-corrected chi connectivity index (χ0v) is 21.3. The Balaban J connectivity index is 1.37. The number of hydrogen-bond donors (Lipinski definition) is 1. The Kier molecular flexibility index (Phi) is 8.05. The van der Waals surface area contributed by atoms with E-state index < -0.39 is 16.0 Å². The Labute approximate surface area is 215 Å². The first kappa shape index (κ1) is 25.8. The molecule has 36 heavy (non-hydrogen) atoms. The van der Waals surface area contributed by atoms with Gasteiger partial charge in [-0.2, -0.15) is 4.31 Å². The topological polar surface area (TPSA) is 96.0 Å². The fraction of sp³-hybridized carbons (Fsp3) is 0.231. The lowest BCUT2D eigenvalue weighted by Crippen LogP contribution is -2.48. The number of anilines is 1. The summed E-state index contributed by atoms with van der Waals surface area (Å²) in [6.07, 6.45) is 0. The van der Waals surface area contributed by atoms with E-state index in [9.17, 15) is 18.0 Å². The van der Waals surface area contributed by atoms with Gasteiger partial charge < -0.3 is 10.1 Å². The summed E-state index contributed by atoms with van der Waals surface area (Å²) in [6.45, 7) is 2.56. The number of carbonyl (C=O) groups is 2. The highest BCUT2D eigenvalue weighted by molar-refractivity contribution is 7.89. The third-order valence-corrected chi connectivity index (χ3v) is 8.18. The molecule has 3 aromatic rings. The largest absolute Gasteiger partial charge is 0.465 e. The minimum atomic E-state index is -3.50. The summed E-state index contributed by atoms with van der Waals surface area (Å²) in [6, 6.07) is 20.3. The van der Waals surface area contributed by atoms with E-state index >= 15 is 0 Å². The average Bonchev–Trinajstić information content (AvgIpc) is 2.90. The summed E-state index contributed by atoms with van der Waals surface area (Å²) in [5.41, 5.74) is 1.99. The number of ether oxygens (including phenoxy) is 1. The highest BCUT2D eigenvalue weighted by Gasteiger charge is 2.28. The number of esters is 1. The maximum Gasteiger partial charge on any atom is 0.339 e. The van der Waals surface area contributed by atoms with Gasteiger partial charge in [0.2, 0.25) is 10.0 Å². The van der Waals surface area contributed by atoms with Crippen LogP contribution in [0.1, 0.15) is 26.3 Å². The van der Waals surface area contributed by atoms with Crippen molar-refractivity contribution >= 4 is 39.2 Å². The number of nitrogens with one attached hydrogen (secondary N) is 1.